The van der Waals surface area contributed by atoms with Gasteiger partial charge in [0.25, 0.3) is 0 Å². The fourth-order valence-electron chi connectivity index (χ4n) is 2.40. The summed E-state index contributed by atoms with van der Waals surface area (Å²) in [7, 11) is 1.88. The van der Waals surface area contributed by atoms with Crippen molar-refractivity contribution in [1.82, 2.24) is 9.88 Å². The maximum atomic E-state index is 13.8. The molecule has 3 heterocycles. The number of hydrogen-bond acceptors (Lipinski definition) is 5. The highest BCUT2D eigenvalue weighted by Crippen LogP contribution is 2.32. The third-order valence-electron chi connectivity index (χ3n) is 3.38. The summed E-state index contributed by atoms with van der Waals surface area (Å²) < 4.78 is 19.8. The molecule has 5 nitrogen and oxygen atoms in total. The van der Waals surface area contributed by atoms with E-state index in [0.29, 0.717) is 29.0 Å². The van der Waals surface area contributed by atoms with E-state index < -0.39 is 6.17 Å². The Labute approximate surface area is 123 Å². The first-order valence-electron chi connectivity index (χ1n) is 6.16. The fourth-order valence-corrected chi connectivity index (χ4v) is 2.92. The Kier molecular flexibility index (Phi) is 3.36. The maximum Gasteiger partial charge on any atom is 0.204 e. The van der Waals surface area contributed by atoms with Gasteiger partial charge in [-0.3, -0.25) is 0 Å². The predicted molar refractivity (Wildman–Crippen MR) is 76.2 cm³/mol. The van der Waals surface area contributed by atoms with Crippen LogP contribution in [0.15, 0.2) is 21.2 Å². The number of likely N-dealkylation sites (tertiary alicyclic amines) is 1. The number of nitrogens with one attached hydrogen (secondary N) is 1. The number of pyridine rings is 1. The molecule has 7 heteroatoms. The van der Waals surface area contributed by atoms with Crippen molar-refractivity contribution in [3.8, 4) is 6.07 Å². The second kappa shape index (κ2) is 5.04. The lowest BCUT2D eigenvalue weighted by molar-refractivity contribution is 0.314. The summed E-state index contributed by atoms with van der Waals surface area (Å²) in [6, 6.07) is 3.30. The molecule has 0 amide bonds. The van der Waals surface area contributed by atoms with Crippen molar-refractivity contribution in [3.05, 3.63) is 22.5 Å². The molecule has 0 radical (unpaired) electrons. The molecule has 0 aromatic carbocycles. The fraction of sp³-hybridized carbons (Fsp3) is 0.385. The number of rotatable bonds is 2. The highest BCUT2D eigenvalue weighted by Gasteiger charge is 2.31. The van der Waals surface area contributed by atoms with Gasteiger partial charge in [-0.2, -0.15) is 5.26 Å². The van der Waals surface area contributed by atoms with E-state index >= 15 is 0 Å². The lowest BCUT2D eigenvalue weighted by Crippen LogP contribution is -2.30. The first-order valence-corrected chi connectivity index (χ1v) is 6.95. The summed E-state index contributed by atoms with van der Waals surface area (Å²) in [6.45, 7) is 1.05. The number of nitriles is 1. The zero-order chi connectivity index (χ0) is 14.3. The van der Waals surface area contributed by atoms with Gasteiger partial charge in [-0.1, -0.05) is 0 Å². The van der Waals surface area contributed by atoms with E-state index in [1.807, 2.05) is 18.0 Å². The normalized spacial score (nSPS) is 23.1. The molecular formula is C13H12BrFN4O. The molecule has 1 N–H and O–H groups in total. The van der Waals surface area contributed by atoms with Crippen LogP contribution in [-0.2, 0) is 0 Å². The number of anilines is 1. The van der Waals surface area contributed by atoms with Crippen LogP contribution in [0.3, 0.4) is 0 Å². The lowest BCUT2D eigenvalue weighted by atomic mass is 10.2. The Hall–Kier alpha value is -1.65. The van der Waals surface area contributed by atoms with Gasteiger partial charge in [-0.05, 0) is 23.0 Å². The monoisotopic (exact) mass is 338 g/mol. The Balaban J connectivity index is 1.92. The van der Waals surface area contributed by atoms with E-state index in [2.05, 4.69) is 26.2 Å². The standard InChI is InChI=1S/C13H12BrFN4O/c1-19-5-9(15)10(6-19)18-13-12(14)8-2-7(3-16)20-11(8)4-17-13/h2,4,9-10H,5-6H2,1H3,(H,17,18)/t9-,10-/m0/s1. The highest BCUT2D eigenvalue weighted by atomic mass is 79.9. The predicted octanol–water partition coefficient (Wildman–Crippen LogP) is 2.53. The van der Waals surface area contributed by atoms with Gasteiger partial charge in [0.2, 0.25) is 5.76 Å². The third kappa shape index (κ3) is 2.25. The van der Waals surface area contributed by atoms with Crippen LogP contribution < -0.4 is 5.32 Å². The van der Waals surface area contributed by atoms with Crippen LogP contribution in [0.2, 0.25) is 0 Å². The second-order valence-corrected chi connectivity index (χ2v) is 5.70. The van der Waals surface area contributed by atoms with Gasteiger partial charge >= 0.3 is 0 Å². The van der Waals surface area contributed by atoms with Gasteiger partial charge in [0, 0.05) is 24.5 Å². The molecule has 20 heavy (non-hydrogen) atoms. The van der Waals surface area contributed by atoms with Gasteiger partial charge in [0.15, 0.2) is 5.58 Å². The van der Waals surface area contributed by atoms with Crippen LogP contribution in [0.25, 0.3) is 11.0 Å². The minimum Gasteiger partial charge on any atom is -0.444 e. The molecule has 104 valence electrons. The highest BCUT2D eigenvalue weighted by molar-refractivity contribution is 9.10. The minimum atomic E-state index is -0.927. The molecular weight excluding hydrogens is 327 g/mol. The van der Waals surface area contributed by atoms with Crippen LogP contribution in [-0.4, -0.2) is 42.2 Å². The molecule has 2 atom stereocenters. The van der Waals surface area contributed by atoms with Gasteiger partial charge in [0.05, 0.1) is 16.7 Å². The molecule has 1 saturated heterocycles. The molecule has 1 aliphatic heterocycles. The van der Waals surface area contributed by atoms with Crippen molar-refractivity contribution in [2.75, 3.05) is 25.5 Å². The topological polar surface area (TPSA) is 65.1 Å². The van der Waals surface area contributed by atoms with Crippen LogP contribution in [0.5, 0.6) is 0 Å². The average Bonchev–Trinajstić information content (AvgIpc) is 2.97. The summed E-state index contributed by atoms with van der Waals surface area (Å²) in [4.78, 5) is 6.16. The van der Waals surface area contributed by atoms with Crippen molar-refractivity contribution < 1.29 is 8.81 Å². The lowest BCUT2D eigenvalue weighted by Gasteiger charge is -2.16. The zero-order valence-electron chi connectivity index (χ0n) is 10.7. The Morgan fingerprint density at radius 3 is 3.05 bits per heavy atom. The van der Waals surface area contributed by atoms with E-state index in [1.54, 1.807) is 6.07 Å². The van der Waals surface area contributed by atoms with Crippen molar-refractivity contribution in [1.29, 1.82) is 5.26 Å². The number of halogens is 2. The molecule has 2 aromatic heterocycles. The first-order chi connectivity index (χ1) is 9.58. The van der Waals surface area contributed by atoms with Crippen LogP contribution in [0.4, 0.5) is 10.2 Å². The smallest absolute Gasteiger partial charge is 0.204 e. The molecule has 0 aliphatic carbocycles. The summed E-state index contributed by atoms with van der Waals surface area (Å²) in [5.41, 5.74) is 0.527. The summed E-state index contributed by atoms with van der Waals surface area (Å²) in [6.07, 6.45) is 0.609. The van der Waals surface area contributed by atoms with Gasteiger partial charge < -0.3 is 14.6 Å². The van der Waals surface area contributed by atoms with Gasteiger partial charge in [-0.25, -0.2) is 9.37 Å². The third-order valence-corrected chi connectivity index (χ3v) is 4.18. The molecule has 0 unspecified atom stereocenters. The van der Waals surface area contributed by atoms with E-state index in [4.69, 9.17) is 9.68 Å². The Morgan fingerprint density at radius 2 is 2.40 bits per heavy atom. The van der Waals surface area contributed by atoms with Gasteiger partial charge in [0.1, 0.15) is 18.1 Å². The Bertz CT molecular complexity index is 695. The van der Waals surface area contributed by atoms with Crippen LogP contribution in [0.1, 0.15) is 5.76 Å². The van der Waals surface area contributed by atoms with Crippen molar-refractivity contribution >= 4 is 32.7 Å². The minimum absolute atomic E-state index is 0.226. The SMILES string of the molecule is CN1C[C@H](Nc2ncc3oc(C#N)cc3c2Br)[C@@H](F)C1. The zero-order valence-corrected chi connectivity index (χ0v) is 12.3. The molecule has 0 saturated carbocycles. The quantitative estimate of drug-likeness (QED) is 0.911. The van der Waals surface area contributed by atoms with E-state index in [-0.39, 0.29) is 11.8 Å². The number of fused-ring (bicyclic) bond motifs is 1. The maximum absolute atomic E-state index is 13.8. The number of alkyl halides is 1. The number of furan rings is 1. The largest absolute Gasteiger partial charge is 0.444 e. The van der Waals surface area contributed by atoms with Crippen molar-refractivity contribution in [2.24, 2.45) is 0 Å². The number of aromatic nitrogens is 1. The van der Waals surface area contributed by atoms with E-state index in [9.17, 15) is 4.39 Å². The molecule has 1 aliphatic rings. The number of nitrogens with zero attached hydrogens (tertiary/aromatic N) is 3. The van der Waals surface area contributed by atoms with Gasteiger partial charge in [-0.15, -0.1) is 0 Å². The van der Waals surface area contributed by atoms with Crippen LogP contribution >= 0.6 is 15.9 Å². The summed E-state index contributed by atoms with van der Waals surface area (Å²) in [5, 5.41) is 12.7. The second-order valence-electron chi connectivity index (χ2n) is 4.91. The molecule has 0 bridgehead atoms. The van der Waals surface area contributed by atoms with E-state index in [1.165, 1.54) is 6.20 Å². The average molecular weight is 339 g/mol. The van der Waals surface area contributed by atoms with Crippen molar-refractivity contribution in [3.63, 3.8) is 0 Å². The molecule has 3 rings (SSSR count). The molecule has 1 fully saturated rings. The van der Waals surface area contributed by atoms with Crippen molar-refractivity contribution in [2.45, 2.75) is 12.2 Å². The van der Waals surface area contributed by atoms with E-state index in [0.717, 1.165) is 5.39 Å². The first kappa shape index (κ1) is 13.3. The molecule has 0 spiro atoms. The summed E-state index contributed by atoms with van der Waals surface area (Å²) >= 11 is 3.44. The number of likely N-dealkylation sites (N-methyl/N-ethyl adjacent to an activating group) is 1. The number of hydrogen-bond donors (Lipinski definition) is 1. The Morgan fingerprint density at radius 1 is 1.60 bits per heavy atom. The van der Waals surface area contributed by atoms with Crippen LogP contribution in [0, 0.1) is 11.3 Å². The summed E-state index contributed by atoms with van der Waals surface area (Å²) in [5.74, 6) is 0.786. The molecule has 2 aromatic rings.